The summed E-state index contributed by atoms with van der Waals surface area (Å²) in [5.41, 5.74) is 17.0. The molecule has 0 unspecified atom stereocenters. The first kappa shape index (κ1) is 38.6. The summed E-state index contributed by atoms with van der Waals surface area (Å²) in [5, 5.41) is 0. The largest absolute Gasteiger partial charge is 0.321 e. The molecule has 3 heterocycles. The van der Waals surface area contributed by atoms with Crippen molar-refractivity contribution in [3.63, 3.8) is 0 Å². The van der Waals surface area contributed by atoms with Gasteiger partial charge in [-0.05, 0) is 99.3 Å². The first-order valence-corrected chi connectivity index (χ1v) is 22.0. The Balaban J connectivity index is 1.05. The number of nitrogens with zero attached hydrogens (tertiary/aromatic N) is 4. The van der Waals surface area contributed by atoms with Gasteiger partial charge < -0.3 is 9.80 Å². The van der Waals surface area contributed by atoms with Crippen molar-refractivity contribution in [3.05, 3.63) is 193 Å². The first-order chi connectivity index (χ1) is 29.5. The zero-order valence-corrected chi connectivity index (χ0v) is 36.5. The van der Waals surface area contributed by atoms with Gasteiger partial charge in [-0.25, -0.2) is 4.98 Å². The summed E-state index contributed by atoms with van der Waals surface area (Å²) in [6.07, 6.45) is 1.90. The van der Waals surface area contributed by atoms with Crippen LogP contribution >= 0.6 is 11.8 Å². The van der Waals surface area contributed by atoms with Crippen LogP contribution in [-0.2, 0) is 10.8 Å². The van der Waals surface area contributed by atoms with E-state index in [1.807, 2.05) is 12.3 Å². The van der Waals surface area contributed by atoms with E-state index in [9.17, 15) is 0 Å². The lowest BCUT2D eigenvalue weighted by Crippen LogP contribution is -2.27. The molecule has 0 bridgehead atoms. The molecule has 0 fully saturated rings. The fourth-order valence-corrected chi connectivity index (χ4v) is 9.89. The molecule has 0 saturated carbocycles. The van der Waals surface area contributed by atoms with Crippen molar-refractivity contribution in [1.82, 2.24) is 4.98 Å². The highest BCUT2D eigenvalue weighted by Crippen LogP contribution is 2.53. The van der Waals surface area contributed by atoms with E-state index in [-0.39, 0.29) is 10.8 Å². The molecule has 5 heteroatoms. The fourth-order valence-electron chi connectivity index (χ4n) is 8.98. The number of hydrogen-bond donors (Lipinski definition) is 0. The summed E-state index contributed by atoms with van der Waals surface area (Å²) in [6.45, 7) is 14.5. The van der Waals surface area contributed by atoms with Crippen LogP contribution in [0, 0.1) is 0 Å². The van der Waals surface area contributed by atoms with Crippen LogP contribution in [0.1, 0.15) is 52.7 Å². The second kappa shape index (κ2) is 15.2. The molecular weight excluding hydrogens is 761 g/mol. The molecule has 0 saturated heterocycles. The lowest BCUT2D eigenvalue weighted by molar-refractivity contribution is 0.590. The number of para-hydroxylation sites is 3. The average Bonchev–Trinajstić information content (AvgIpc) is 3.61. The van der Waals surface area contributed by atoms with Gasteiger partial charge in [0.2, 0.25) is 0 Å². The number of benzene rings is 7. The Kier molecular flexibility index (Phi) is 9.60. The molecule has 7 aromatic carbocycles. The quantitative estimate of drug-likeness (QED) is 0.166. The van der Waals surface area contributed by atoms with Crippen molar-refractivity contribution >= 4 is 51.7 Å². The number of pyridine rings is 1. The maximum Gasteiger partial charge on any atom is 0.137 e. The Morgan fingerprint density at radius 1 is 0.459 bits per heavy atom. The molecular formula is C56H50N4S. The van der Waals surface area contributed by atoms with Gasteiger partial charge in [0.15, 0.2) is 0 Å². The maximum atomic E-state index is 4.96. The minimum atomic E-state index is -0.0574. The molecule has 0 spiro atoms. The summed E-state index contributed by atoms with van der Waals surface area (Å²) in [5.74, 6) is 0.897. The SMILES string of the molecule is CC(C)(C)c1ccc2c(c1)N(c1ccccn1)c1cc(Sc3cccc(N4CN(c5c(-c6ccccc6)cccc5C(C)(C)C)c5ccccc54)c3)ccc1-c1ccccc1-2. The minimum Gasteiger partial charge on any atom is -0.321 e. The van der Waals surface area contributed by atoms with Gasteiger partial charge in [-0.3, -0.25) is 4.90 Å². The van der Waals surface area contributed by atoms with Crippen LogP contribution in [0.3, 0.4) is 0 Å². The van der Waals surface area contributed by atoms with Crippen LogP contribution < -0.4 is 14.7 Å². The molecule has 61 heavy (non-hydrogen) atoms. The summed E-state index contributed by atoms with van der Waals surface area (Å²) < 4.78 is 0. The molecule has 2 aliphatic heterocycles. The van der Waals surface area contributed by atoms with Crippen LogP contribution in [0.15, 0.2) is 192 Å². The van der Waals surface area contributed by atoms with Crippen molar-refractivity contribution in [1.29, 1.82) is 0 Å². The highest BCUT2D eigenvalue weighted by molar-refractivity contribution is 7.99. The Labute approximate surface area is 365 Å². The summed E-state index contributed by atoms with van der Waals surface area (Å²) in [7, 11) is 0. The second-order valence-corrected chi connectivity index (χ2v) is 19.3. The van der Waals surface area contributed by atoms with Crippen molar-refractivity contribution in [2.75, 3.05) is 21.4 Å². The third kappa shape index (κ3) is 7.07. The van der Waals surface area contributed by atoms with Gasteiger partial charge in [-0.1, -0.05) is 169 Å². The van der Waals surface area contributed by atoms with E-state index in [0.29, 0.717) is 6.67 Å². The zero-order valence-electron chi connectivity index (χ0n) is 35.7. The van der Waals surface area contributed by atoms with Crippen molar-refractivity contribution < 1.29 is 0 Å². The molecule has 0 amide bonds. The van der Waals surface area contributed by atoms with Crippen LogP contribution in [0.4, 0.5) is 39.9 Å². The van der Waals surface area contributed by atoms with E-state index in [1.54, 1.807) is 11.8 Å². The van der Waals surface area contributed by atoms with Crippen LogP contribution in [0.25, 0.3) is 33.4 Å². The molecule has 300 valence electrons. The maximum absolute atomic E-state index is 4.96. The molecule has 1 aromatic heterocycles. The van der Waals surface area contributed by atoms with Crippen LogP contribution in [0.5, 0.6) is 0 Å². The molecule has 10 rings (SSSR count). The Morgan fingerprint density at radius 3 is 1.79 bits per heavy atom. The molecule has 8 aromatic rings. The van der Waals surface area contributed by atoms with E-state index in [2.05, 4.69) is 226 Å². The smallest absolute Gasteiger partial charge is 0.137 e. The third-order valence-electron chi connectivity index (χ3n) is 12.0. The summed E-state index contributed by atoms with van der Waals surface area (Å²) in [4.78, 5) is 14.7. The standard InChI is InChI=1S/C56H50N4S/c1-55(2,3)39-29-31-46-44-22-10-11-23-45(44)47-32-30-42(36-52(47)60(51(46)34-39)53-28-14-15-33-57-53)61-41-21-16-20-40(35-41)58-37-59(50-27-13-12-26-49(50)58)54-43(38-18-8-7-9-19-38)24-17-25-48(54)56(4,5)6/h7-36H,37H2,1-6H3. The van der Waals surface area contributed by atoms with Gasteiger partial charge in [-0.2, -0.15) is 0 Å². The number of aromatic nitrogens is 1. The lowest BCUT2D eigenvalue weighted by atomic mass is 9.83. The Bertz CT molecular complexity index is 2910. The van der Waals surface area contributed by atoms with E-state index >= 15 is 0 Å². The average molecular weight is 811 g/mol. The number of fused-ring (bicyclic) bond motifs is 6. The fraction of sp³-hybridized carbons (Fsp3) is 0.161. The third-order valence-corrected chi connectivity index (χ3v) is 13.0. The Hall–Kier alpha value is -6.56. The van der Waals surface area contributed by atoms with Gasteiger partial charge in [0.05, 0.1) is 28.4 Å². The van der Waals surface area contributed by atoms with Gasteiger partial charge >= 0.3 is 0 Å². The normalized spacial score (nSPS) is 13.3. The minimum absolute atomic E-state index is 0.0186. The van der Waals surface area contributed by atoms with Crippen LogP contribution in [0.2, 0.25) is 0 Å². The molecule has 4 nitrogen and oxygen atoms in total. The van der Waals surface area contributed by atoms with Crippen molar-refractivity contribution in [2.45, 2.75) is 62.2 Å². The number of anilines is 7. The second-order valence-electron chi connectivity index (χ2n) is 18.1. The molecule has 0 N–H and O–H groups in total. The highest BCUT2D eigenvalue weighted by atomic mass is 32.2. The van der Waals surface area contributed by atoms with Gasteiger partial charge in [0.1, 0.15) is 12.5 Å². The summed E-state index contributed by atoms with van der Waals surface area (Å²) >= 11 is 1.80. The molecule has 0 radical (unpaired) electrons. The van der Waals surface area contributed by atoms with Gasteiger partial charge in [-0.15, -0.1) is 0 Å². The van der Waals surface area contributed by atoms with Gasteiger partial charge in [0, 0.05) is 38.4 Å². The lowest BCUT2D eigenvalue weighted by Gasteiger charge is -2.31. The predicted octanol–water partition coefficient (Wildman–Crippen LogP) is 15.9. The topological polar surface area (TPSA) is 22.6 Å². The predicted molar refractivity (Wildman–Crippen MR) is 259 cm³/mol. The van der Waals surface area contributed by atoms with E-state index in [1.165, 1.54) is 71.4 Å². The van der Waals surface area contributed by atoms with E-state index in [0.717, 1.165) is 22.9 Å². The number of rotatable bonds is 6. The number of hydrogen-bond acceptors (Lipinski definition) is 5. The van der Waals surface area contributed by atoms with E-state index < -0.39 is 0 Å². The van der Waals surface area contributed by atoms with E-state index in [4.69, 9.17) is 4.98 Å². The molecule has 2 aliphatic rings. The first-order valence-electron chi connectivity index (χ1n) is 21.2. The van der Waals surface area contributed by atoms with Crippen LogP contribution in [-0.4, -0.2) is 11.7 Å². The van der Waals surface area contributed by atoms with Gasteiger partial charge in [0.25, 0.3) is 0 Å². The summed E-state index contributed by atoms with van der Waals surface area (Å²) in [6, 6.07) is 64.4. The van der Waals surface area contributed by atoms with Crippen molar-refractivity contribution in [2.24, 2.45) is 0 Å². The van der Waals surface area contributed by atoms with Crippen molar-refractivity contribution in [3.8, 4) is 33.4 Å². The highest BCUT2D eigenvalue weighted by Gasteiger charge is 2.34. The Morgan fingerprint density at radius 2 is 1.08 bits per heavy atom. The molecule has 0 aliphatic carbocycles. The zero-order chi connectivity index (χ0) is 41.9. The molecule has 0 atom stereocenters. The monoisotopic (exact) mass is 810 g/mol.